The van der Waals surface area contributed by atoms with Crippen molar-refractivity contribution in [3.05, 3.63) is 36.0 Å². The van der Waals surface area contributed by atoms with Gasteiger partial charge < -0.3 is 15.3 Å². The third-order valence-corrected chi connectivity index (χ3v) is 3.23. The second-order valence-corrected chi connectivity index (χ2v) is 5.21. The fourth-order valence-corrected chi connectivity index (χ4v) is 2.27. The fraction of sp³-hybridized carbons (Fsp3) is 0.588. The van der Waals surface area contributed by atoms with E-state index in [1.165, 1.54) is 5.56 Å². The molecule has 4 heteroatoms. The van der Waals surface area contributed by atoms with Gasteiger partial charge in [-0.25, -0.2) is 4.98 Å². The summed E-state index contributed by atoms with van der Waals surface area (Å²) in [6, 6.07) is 4.29. The molecule has 1 rings (SSSR count). The van der Waals surface area contributed by atoms with Gasteiger partial charge in [-0.1, -0.05) is 26.3 Å². The van der Waals surface area contributed by atoms with Crippen LogP contribution in [-0.2, 0) is 13.0 Å². The van der Waals surface area contributed by atoms with Crippen LogP contribution in [0.3, 0.4) is 0 Å². The first-order valence-electron chi connectivity index (χ1n) is 7.92. The Morgan fingerprint density at radius 1 is 1.33 bits per heavy atom. The highest BCUT2D eigenvalue weighted by Gasteiger charge is 2.09. The van der Waals surface area contributed by atoms with Gasteiger partial charge >= 0.3 is 0 Å². The lowest BCUT2D eigenvalue weighted by Gasteiger charge is -2.22. The van der Waals surface area contributed by atoms with Gasteiger partial charge in [-0.05, 0) is 37.1 Å². The molecule has 0 amide bonds. The van der Waals surface area contributed by atoms with E-state index in [-0.39, 0.29) is 6.61 Å². The number of aliphatic hydroxyl groups excluding tert-OH is 1. The average molecular weight is 291 g/mol. The number of hydrogen-bond donors (Lipinski definition) is 2. The predicted octanol–water partition coefficient (Wildman–Crippen LogP) is 2.52. The summed E-state index contributed by atoms with van der Waals surface area (Å²) in [6.07, 6.45) is 5.04. The minimum absolute atomic E-state index is 0.122. The van der Waals surface area contributed by atoms with E-state index in [0.29, 0.717) is 13.1 Å². The first-order valence-corrected chi connectivity index (χ1v) is 7.92. The molecule has 21 heavy (non-hydrogen) atoms. The molecule has 0 aliphatic rings. The van der Waals surface area contributed by atoms with Crippen LogP contribution in [0.25, 0.3) is 0 Å². The second-order valence-electron chi connectivity index (χ2n) is 5.21. The van der Waals surface area contributed by atoms with Crippen molar-refractivity contribution in [3.8, 4) is 0 Å². The number of nitrogens with one attached hydrogen (secondary N) is 1. The average Bonchev–Trinajstić information content (AvgIpc) is 2.47. The Kier molecular flexibility index (Phi) is 8.71. The summed E-state index contributed by atoms with van der Waals surface area (Å²) in [7, 11) is 0. The Bertz CT molecular complexity index is 420. The molecule has 0 bridgehead atoms. The highest BCUT2D eigenvalue weighted by molar-refractivity contribution is 5.43. The Morgan fingerprint density at radius 3 is 2.76 bits per heavy atom. The maximum atomic E-state index is 9.22. The van der Waals surface area contributed by atoms with Crippen molar-refractivity contribution in [1.82, 2.24) is 10.3 Å². The minimum Gasteiger partial charge on any atom is -0.395 e. The molecule has 0 aliphatic carbocycles. The lowest BCUT2D eigenvalue weighted by atomic mass is 10.1. The molecule has 0 saturated heterocycles. The maximum absolute atomic E-state index is 9.22. The monoisotopic (exact) mass is 291 g/mol. The van der Waals surface area contributed by atoms with Crippen LogP contribution < -0.4 is 10.2 Å². The van der Waals surface area contributed by atoms with Crippen molar-refractivity contribution in [1.29, 1.82) is 0 Å². The number of anilines is 1. The van der Waals surface area contributed by atoms with Crippen LogP contribution in [0.2, 0.25) is 0 Å². The number of pyridine rings is 1. The van der Waals surface area contributed by atoms with Gasteiger partial charge in [0, 0.05) is 25.3 Å². The van der Waals surface area contributed by atoms with Gasteiger partial charge in [-0.2, -0.15) is 0 Å². The summed E-state index contributed by atoms with van der Waals surface area (Å²) in [5, 5.41) is 12.7. The molecule has 0 radical (unpaired) electrons. The van der Waals surface area contributed by atoms with E-state index in [2.05, 4.69) is 42.8 Å². The Hall–Kier alpha value is -1.39. The molecule has 1 aromatic heterocycles. The van der Waals surface area contributed by atoms with Crippen LogP contribution in [-0.4, -0.2) is 36.3 Å². The zero-order valence-electron chi connectivity index (χ0n) is 13.4. The Morgan fingerprint density at radius 2 is 2.14 bits per heavy atom. The second kappa shape index (κ2) is 10.4. The highest BCUT2D eigenvalue weighted by atomic mass is 16.3. The van der Waals surface area contributed by atoms with Crippen molar-refractivity contribution >= 4 is 5.82 Å². The Balaban J connectivity index is 2.95. The van der Waals surface area contributed by atoms with Crippen molar-refractivity contribution in [3.63, 3.8) is 0 Å². The predicted molar refractivity (Wildman–Crippen MR) is 89.7 cm³/mol. The summed E-state index contributed by atoms with van der Waals surface area (Å²) in [5.41, 5.74) is 2.37. The molecule has 0 unspecified atom stereocenters. The summed E-state index contributed by atoms with van der Waals surface area (Å²) >= 11 is 0. The number of nitrogens with zero attached hydrogens (tertiary/aromatic N) is 2. The molecular formula is C17H29N3O. The SMILES string of the molecule is C=CCN(CCO)c1cc(CNCCC)cc(CCC)n1. The van der Waals surface area contributed by atoms with Crippen LogP contribution in [0.1, 0.15) is 37.9 Å². The van der Waals surface area contributed by atoms with Gasteiger partial charge in [0.05, 0.1) is 6.61 Å². The van der Waals surface area contributed by atoms with Crippen LogP contribution in [0.5, 0.6) is 0 Å². The maximum Gasteiger partial charge on any atom is 0.129 e. The van der Waals surface area contributed by atoms with Gasteiger partial charge in [0.15, 0.2) is 0 Å². The number of aliphatic hydroxyl groups is 1. The van der Waals surface area contributed by atoms with E-state index in [1.807, 2.05) is 6.08 Å². The third kappa shape index (κ3) is 6.27. The third-order valence-electron chi connectivity index (χ3n) is 3.23. The molecule has 1 aromatic rings. The van der Waals surface area contributed by atoms with E-state index < -0.39 is 0 Å². The molecule has 1 heterocycles. The van der Waals surface area contributed by atoms with E-state index in [9.17, 15) is 5.11 Å². The molecule has 0 aromatic carbocycles. The molecule has 118 valence electrons. The number of aromatic nitrogens is 1. The number of aryl methyl sites for hydroxylation is 1. The van der Waals surface area contributed by atoms with Crippen molar-refractivity contribution in [2.75, 3.05) is 31.1 Å². The van der Waals surface area contributed by atoms with Crippen molar-refractivity contribution < 1.29 is 5.11 Å². The molecule has 4 nitrogen and oxygen atoms in total. The van der Waals surface area contributed by atoms with Gasteiger partial charge in [-0.15, -0.1) is 6.58 Å². The van der Waals surface area contributed by atoms with E-state index >= 15 is 0 Å². The van der Waals surface area contributed by atoms with Gasteiger partial charge in [0.1, 0.15) is 5.82 Å². The molecule has 0 atom stereocenters. The smallest absolute Gasteiger partial charge is 0.129 e. The molecule has 0 fully saturated rings. The van der Waals surface area contributed by atoms with E-state index in [1.54, 1.807) is 0 Å². The zero-order valence-corrected chi connectivity index (χ0v) is 13.4. The van der Waals surface area contributed by atoms with Crippen LogP contribution in [0.4, 0.5) is 5.82 Å². The first kappa shape index (κ1) is 17.7. The Labute approximate surface area is 128 Å². The zero-order chi connectivity index (χ0) is 15.5. The van der Waals surface area contributed by atoms with Crippen molar-refractivity contribution in [2.24, 2.45) is 0 Å². The van der Waals surface area contributed by atoms with Crippen LogP contribution in [0.15, 0.2) is 24.8 Å². The largest absolute Gasteiger partial charge is 0.395 e. The van der Waals surface area contributed by atoms with E-state index in [0.717, 1.165) is 43.9 Å². The standard InChI is InChI=1S/C17H29N3O/c1-4-7-16-12-15(14-18-8-5-2)13-17(19-16)20(9-6-3)10-11-21/h6,12-13,18,21H,3-5,7-11,14H2,1-2H3. The lowest BCUT2D eigenvalue weighted by molar-refractivity contribution is 0.302. The number of hydrogen-bond acceptors (Lipinski definition) is 4. The van der Waals surface area contributed by atoms with Crippen LogP contribution >= 0.6 is 0 Å². The van der Waals surface area contributed by atoms with Crippen molar-refractivity contribution in [2.45, 2.75) is 39.7 Å². The van der Waals surface area contributed by atoms with Gasteiger partial charge in [0.25, 0.3) is 0 Å². The first-order chi connectivity index (χ1) is 10.2. The molecule has 0 aliphatic heterocycles. The summed E-state index contributed by atoms with van der Waals surface area (Å²) in [6.45, 7) is 11.4. The van der Waals surface area contributed by atoms with E-state index in [4.69, 9.17) is 4.98 Å². The van der Waals surface area contributed by atoms with Gasteiger partial charge in [0.2, 0.25) is 0 Å². The summed E-state index contributed by atoms with van der Waals surface area (Å²) < 4.78 is 0. The number of rotatable bonds is 11. The normalized spacial score (nSPS) is 10.6. The van der Waals surface area contributed by atoms with Crippen LogP contribution in [0, 0.1) is 0 Å². The fourth-order valence-electron chi connectivity index (χ4n) is 2.27. The highest BCUT2D eigenvalue weighted by Crippen LogP contribution is 2.16. The lowest BCUT2D eigenvalue weighted by Crippen LogP contribution is -2.28. The summed E-state index contributed by atoms with van der Waals surface area (Å²) in [5.74, 6) is 0.934. The summed E-state index contributed by atoms with van der Waals surface area (Å²) in [4.78, 5) is 6.79. The molecule has 0 saturated carbocycles. The minimum atomic E-state index is 0.122. The topological polar surface area (TPSA) is 48.4 Å². The quantitative estimate of drug-likeness (QED) is 0.486. The molecular weight excluding hydrogens is 262 g/mol. The molecule has 2 N–H and O–H groups in total. The van der Waals surface area contributed by atoms with Gasteiger partial charge in [-0.3, -0.25) is 0 Å². The molecule has 0 spiro atoms.